The maximum atomic E-state index is 7.00. The summed E-state index contributed by atoms with van der Waals surface area (Å²) < 4.78 is 0. The monoisotopic (exact) mass is 121 g/mol. The van der Waals surface area contributed by atoms with E-state index in [4.69, 9.17) is 10.0 Å². The normalized spacial score (nSPS) is 2.33. The zero-order valence-corrected chi connectivity index (χ0v) is 6.47. The summed E-state index contributed by atoms with van der Waals surface area (Å²) in [5.41, 5.74) is 0. The summed E-state index contributed by atoms with van der Waals surface area (Å²) in [4.78, 5) is 0. The Hall–Kier alpha value is 1.29. The molecule has 1 radical (unpaired) electrons. The molecular formula is H7BNaO3S. The van der Waals surface area contributed by atoms with Gasteiger partial charge in [-0.25, -0.2) is 0 Å². The van der Waals surface area contributed by atoms with E-state index in [0.717, 1.165) is 0 Å². The number of hydrogen-bond donors (Lipinski definition) is 2. The van der Waals surface area contributed by atoms with Gasteiger partial charge in [0.25, 0.3) is 0 Å². The average molecular weight is 121 g/mol. The Morgan fingerprint density at radius 2 is 1.33 bits per heavy atom. The van der Waals surface area contributed by atoms with Gasteiger partial charge in [-0.2, -0.15) is 13.5 Å². The third kappa shape index (κ3) is 58.2. The third-order valence-corrected chi connectivity index (χ3v) is 0. The molecule has 0 spiro atoms. The number of rotatable bonds is 0. The molecule has 0 saturated heterocycles. The van der Waals surface area contributed by atoms with Crippen LogP contribution >= 0.6 is 13.5 Å². The van der Waals surface area contributed by atoms with Crippen molar-refractivity contribution >= 4 is 21.2 Å². The molecule has 0 fully saturated rings. The van der Waals surface area contributed by atoms with Gasteiger partial charge in [-0.15, -0.1) is 0 Å². The Kier molecular flexibility index (Phi) is 149. The van der Waals surface area contributed by atoms with Gasteiger partial charge in [0.2, 0.25) is 0 Å². The van der Waals surface area contributed by atoms with Crippen LogP contribution < -0.4 is 29.6 Å². The van der Waals surface area contributed by atoms with Crippen molar-refractivity contribution < 1.29 is 46.5 Å². The van der Waals surface area contributed by atoms with E-state index >= 15 is 0 Å². The van der Waals surface area contributed by atoms with Gasteiger partial charge in [0, 0.05) is 0 Å². The Bertz CT molecular complexity index is 14.9. The van der Waals surface area contributed by atoms with Crippen molar-refractivity contribution in [2.75, 3.05) is 0 Å². The largest absolute Gasteiger partial charge is 1.00 e. The predicted molar refractivity (Wildman–Crippen MR) is 25.3 cm³/mol. The maximum Gasteiger partial charge on any atom is 1.00 e. The molecule has 0 aromatic rings. The van der Waals surface area contributed by atoms with Crippen molar-refractivity contribution in [3.63, 3.8) is 0 Å². The standard InChI is InChI=1S/BH2O2.Na.H2O.H2S.H/c2-1-3;;;;/h2-3H;;2*1H2;/q;+1;;;-1. The Labute approximate surface area is 67.6 Å². The first-order chi connectivity index (χ1) is 1.41. The van der Waals surface area contributed by atoms with Crippen molar-refractivity contribution in [2.24, 2.45) is 0 Å². The topological polar surface area (TPSA) is 72.0 Å². The molecular weight excluding hydrogens is 114 g/mol. The summed E-state index contributed by atoms with van der Waals surface area (Å²) in [5, 5.41) is 14.0. The molecule has 0 saturated carbocycles. The quantitative estimate of drug-likeness (QED) is 0.314. The van der Waals surface area contributed by atoms with Gasteiger partial charge in [0.1, 0.15) is 0 Å². The van der Waals surface area contributed by atoms with Crippen LogP contribution in [0.3, 0.4) is 0 Å². The summed E-state index contributed by atoms with van der Waals surface area (Å²) in [6.45, 7) is 0. The van der Waals surface area contributed by atoms with Gasteiger partial charge in [0.15, 0.2) is 0 Å². The summed E-state index contributed by atoms with van der Waals surface area (Å²) in [7, 11) is 0. The molecule has 3 nitrogen and oxygen atoms in total. The average Bonchev–Trinajstić information content (AvgIpc) is 0.918. The van der Waals surface area contributed by atoms with E-state index in [1.807, 2.05) is 0 Å². The second-order valence-electron chi connectivity index (χ2n) is 0.115. The summed E-state index contributed by atoms with van der Waals surface area (Å²) in [6.07, 6.45) is 0. The molecule has 0 bridgehead atoms. The van der Waals surface area contributed by atoms with E-state index in [1.54, 1.807) is 0 Å². The zero-order chi connectivity index (χ0) is 2.71. The third-order valence-electron chi connectivity index (χ3n) is 0. The SMILES string of the molecule is O.O[B]O.S.[H-].[Na+]. The molecule has 0 aromatic heterocycles. The minimum Gasteiger partial charge on any atom is -1.00 e. The first kappa shape index (κ1) is 26.6. The second kappa shape index (κ2) is 33.5. The van der Waals surface area contributed by atoms with Crippen molar-refractivity contribution in [2.45, 2.75) is 0 Å². The predicted octanol–water partition coefficient (Wildman–Crippen LogP) is -5.09. The fourth-order valence-electron chi connectivity index (χ4n) is 0. The Balaban J connectivity index is -0.00000000333. The van der Waals surface area contributed by atoms with Gasteiger partial charge in [-0.3, -0.25) is 0 Å². The molecule has 6 heteroatoms. The minimum absolute atomic E-state index is 0. The van der Waals surface area contributed by atoms with Crippen molar-refractivity contribution in [1.82, 2.24) is 0 Å². The van der Waals surface area contributed by atoms with Crippen LogP contribution in [-0.2, 0) is 0 Å². The van der Waals surface area contributed by atoms with E-state index in [9.17, 15) is 0 Å². The molecule has 4 N–H and O–H groups in total. The molecule has 6 heavy (non-hydrogen) atoms. The Morgan fingerprint density at radius 3 is 1.33 bits per heavy atom. The number of hydrogen-bond acceptors (Lipinski definition) is 2. The van der Waals surface area contributed by atoms with Gasteiger partial charge >= 0.3 is 37.2 Å². The molecule has 0 aliphatic heterocycles. The van der Waals surface area contributed by atoms with Crippen LogP contribution in [0.4, 0.5) is 0 Å². The smallest absolute Gasteiger partial charge is 1.00 e. The molecule has 0 aliphatic carbocycles. The van der Waals surface area contributed by atoms with Crippen LogP contribution in [0, 0.1) is 0 Å². The van der Waals surface area contributed by atoms with E-state index in [2.05, 4.69) is 0 Å². The Morgan fingerprint density at radius 1 is 1.33 bits per heavy atom. The molecule has 35 valence electrons. The molecule has 0 atom stereocenters. The van der Waals surface area contributed by atoms with E-state index in [-0.39, 0.29) is 57.6 Å². The van der Waals surface area contributed by atoms with Gasteiger partial charge < -0.3 is 17.0 Å². The molecule has 0 unspecified atom stereocenters. The van der Waals surface area contributed by atoms with Crippen molar-refractivity contribution in [3.8, 4) is 0 Å². The summed E-state index contributed by atoms with van der Waals surface area (Å²) >= 11 is 0. The zero-order valence-electron chi connectivity index (χ0n) is 4.47. The van der Waals surface area contributed by atoms with Gasteiger partial charge in [0.05, 0.1) is 0 Å². The van der Waals surface area contributed by atoms with Crippen LogP contribution in [0.2, 0.25) is 0 Å². The second-order valence-corrected chi connectivity index (χ2v) is 0.115. The van der Waals surface area contributed by atoms with Gasteiger partial charge in [-0.05, 0) is 0 Å². The fourth-order valence-corrected chi connectivity index (χ4v) is 0. The van der Waals surface area contributed by atoms with Crippen LogP contribution in [0.25, 0.3) is 0 Å². The van der Waals surface area contributed by atoms with Crippen molar-refractivity contribution in [3.05, 3.63) is 0 Å². The summed E-state index contributed by atoms with van der Waals surface area (Å²) in [6, 6.07) is 0. The summed E-state index contributed by atoms with van der Waals surface area (Å²) in [5.74, 6) is 0. The first-order valence-electron chi connectivity index (χ1n) is 0.516. The van der Waals surface area contributed by atoms with Crippen LogP contribution in [0.15, 0.2) is 0 Å². The van der Waals surface area contributed by atoms with E-state index in [1.165, 1.54) is 0 Å². The van der Waals surface area contributed by atoms with Crippen LogP contribution in [0.1, 0.15) is 1.43 Å². The fraction of sp³-hybridized carbons (Fsp3) is 0. The molecule has 0 aromatic carbocycles. The molecule has 0 aliphatic rings. The molecule has 0 amide bonds. The molecule has 0 rings (SSSR count). The van der Waals surface area contributed by atoms with Gasteiger partial charge in [-0.1, -0.05) is 0 Å². The van der Waals surface area contributed by atoms with Crippen LogP contribution in [-0.4, -0.2) is 23.2 Å². The van der Waals surface area contributed by atoms with E-state index in [0.29, 0.717) is 0 Å². The maximum absolute atomic E-state index is 7.00. The first-order valence-corrected chi connectivity index (χ1v) is 0.516. The molecule has 0 heterocycles. The van der Waals surface area contributed by atoms with E-state index < -0.39 is 0 Å². The van der Waals surface area contributed by atoms with Crippen molar-refractivity contribution in [1.29, 1.82) is 0 Å². The minimum atomic E-state index is 0. The van der Waals surface area contributed by atoms with Crippen LogP contribution in [0.5, 0.6) is 0 Å².